The standard InChI is InChI=1S/C19H28N2O3/c1-23-16-7-8-17(18(11-16)24-2)20-19(22)13-21-10-9-14-5-3-4-6-15(14)12-21/h7-8,11,14-15H,3-6,9-10,12-13H2,1-2H3,(H,20,22)/t14-,15-/m0/s1. The highest BCUT2D eigenvalue weighted by molar-refractivity contribution is 5.93. The number of anilines is 1. The maximum absolute atomic E-state index is 12.4. The molecule has 1 aliphatic carbocycles. The van der Waals surface area contributed by atoms with Crippen molar-refractivity contribution in [2.45, 2.75) is 32.1 Å². The molecule has 1 amide bonds. The average Bonchev–Trinajstić information content (AvgIpc) is 2.62. The molecule has 0 radical (unpaired) electrons. The van der Waals surface area contributed by atoms with Crippen LogP contribution in [0.3, 0.4) is 0 Å². The molecule has 0 bridgehead atoms. The molecule has 3 rings (SSSR count). The SMILES string of the molecule is COc1ccc(NC(=O)CN2CC[C@@H]3CCCC[C@H]3C2)c(OC)c1. The largest absolute Gasteiger partial charge is 0.497 e. The number of benzene rings is 1. The third kappa shape index (κ3) is 4.01. The van der Waals surface area contributed by atoms with Gasteiger partial charge in [-0.2, -0.15) is 0 Å². The highest BCUT2D eigenvalue weighted by Crippen LogP contribution is 2.36. The Morgan fingerprint density at radius 1 is 1.17 bits per heavy atom. The molecule has 0 spiro atoms. The minimum Gasteiger partial charge on any atom is -0.497 e. The van der Waals surface area contributed by atoms with E-state index < -0.39 is 0 Å². The third-order valence-electron chi connectivity index (χ3n) is 5.43. The molecule has 1 saturated carbocycles. The molecule has 0 aromatic heterocycles. The van der Waals surface area contributed by atoms with Crippen LogP contribution in [0.15, 0.2) is 18.2 Å². The number of likely N-dealkylation sites (tertiary alicyclic amines) is 1. The predicted molar refractivity (Wildman–Crippen MR) is 94.7 cm³/mol. The molecule has 1 aromatic rings. The Kier molecular flexibility index (Phi) is 5.61. The van der Waals surface area contributed by atoms with Crippen LogP contribution in [0.1, 0.15) is 32.1 Å². The first-order valence-electron chi connectivity index (χ1n) is 8.94. The number of hydrogen-bond donors (Lipinski definition) is 1. The Balaban J connectivity index is 1.56. The van der Waals surface area contributed by atoms with Crippen molar-refractivity contribution in [2.75, 3.05) is 39.2 Å². The van der Waals surface area contributed by atoms with E-state index in [0.29, 0.717) is 23.7 Å². The minimum absolute atomic E-state index is 0.0210. The topological polar surface area (TPSA) is 50.8 Å². The fraction of sp³-hybridized carbons (Fsp3) is 0.632. The van der Waals surface area contributed by atoms with E-state index in [9.17, 15) is 4.79 Å². The van der Waals surface area contributed by atoms with Crippen LogP contribution in [-0.2, 0) is 4.79 Å². The number of carbonyl (C=O) groups excluding carboxylic acids is 1. The summed E-state index contributed by atoms with van der Waals surface area (Å²) in [6.45, 7) is 2.56. The smallest absolute Gasteiger partial charge is 0.238 e. The van der Waals surface area contributed by atoms with Crippen LogP contribution in [0.4, 0.5) is 5.69 Å². The molecule has 1 saturated heterocycles. The van der Waals surface area contributed by atoms with Gasteiger partial charge in [0.25, 0.3) is 0 Å². The van der Waals surface area contributed by atoms with E-state index in [1.807, 2.05) is 12.1 Å². The highest BCUT2D eigenvalue weighted by Gasteiger charge is 2.31. The van der Waals surface area contributed by atoms with Gasteiger partial charge in [0.15, 0.2) is 0 Å². The van der Waals surface area contributed by atoms with E-state index in [4.69, 9.17) is 9.47 Å². The van der Waals surface area contributed by atoms with Gasteiger partial charge in [0, 0.05) is 12.6 Å². The number of amides is 1. The number of nitrogens with zero attached hydrogens (tertiary/aromatic N) is 1. The molecule has 2 aliphatic rings. The van der Waals surface area contributed by atoms with Crippen LogP contribution >= 0.6 is 0 Å². The van der Waals surface area contributed by atoms with Crippen LogP contribution in [0.5, 0.6) is 11.5 Å². The van der Waals surface area contributed by atoms with Crippen molar-refractivity contribution in [3.05, 3.63) is 18.2 Å². The maximum atomic E-state index is 12.4. The number of ether oxygens (including phenoxy) is 2. The highest BCUT2D eigenvalue weighted by atomic mass is 16.5. The van der Waals surface area contributed by atoms with Crippen molar-refractivity contribution in [3.8, 4) is 11.5 Å². The van der Waals surface area contributed by atoms with E-state index >= 15 is 0 Å². The van der Waals surface area contributed by atoms with E-state index in [2.05, 4.69) is 10.2 Å². The first-order valence-corrected chi connectivity index (χ1v) is 8.94. The molecule has 2 atom stereocenters. The summed E-state index contributed by atoms with van der Waals surface area (Å²) in [5.74, 6) is 3.03. The molecule has 132 valence electrons. The van der Waals surface area contributed by atoms with Crippen molar-refractivity contribution in [1.29, 1.82) is 0 Å². The van der Waals surface area contributed by atoms with Gasteiger partial charge in [-0.3, -0.25) is 9.69 Å². The van der Waals surface area contributed by atoms with E-state index in [1.165, 1.54) is 32.1 Å². The quantitative estimate of drug-likeness (QED) is 0.900. The van der Waals surface area contributed by atoms with Crippen molar-refractivity contribution in [1.82, 2.24) is 4.90 Å². The molecule has 1 heterocycles. The fourth-order valence-electron chi connectivity index (χ4n) is 4.11. The van der Waals surface area contributed by atoms with Gasteiger partial charge < -0.3 is 14.8 Å². The predicted octanol–water partition coefficient (Wildman–Crippen LogP) is 3.15. The summed E-state index contributed by atoms with van der Waals surface area (Å²) < 4.78 is 10.5. The second-order valence-corrected chi connectivity index (χ2v) is 6.94. The number of hydrogen-bond acceptors (Lipinski definition) is 4. The van der Waals surface area contributed by atoms with Gasteiger partial charge in [-0.15, -0.1) is 0 Å². The average molecular weight is 332 g/mol. The summed E-state index contributed by atoms with van der Waals surface area (Å²) >= 11 is 0. The number of nitrogens with one attached hydrogen (secondary N) is 1. The molecule has 1 N–H and O–H groups in total. The molecule has 5 nitrogen and oxygen atoms in total. The lowest BCUT2D eigenvalue weighted by molar-refractivity contribution is -0.118. The Morgan fingerprint density at radius 3 is 2.71 bits per heavy atom. The normalized spacial score (nSPS) is 24.1. The number of piperidine rings is 1. The second-order valence-electron chi connectivity index (χ2n) is 6.94. The van der Waals surface area contributed by atoms with E-state index in [1.54, 1.807) is 20.3 Å². The Morgan fingerprint density at radius 2 is 1.96 bits per heavy atom. The summed E-state index contributed by atoms with van der Waals surface area (Å²) in [6.07, 6.45) is 6.69. The molecule has 1 aromatic carbocycles. The van der Waals surface area contributed by atoms with Gasteiger partial charge >= 0.3 is 0 Å². The Labute approximate surface area is 144 Å². The zero-order valence-corrected chi connectivity index (χ0v) is 14.7. The lowest BCUT2D eigenvalue weighted by Crippen LogP contribution is -2.44. The van der Waals surface area contributed by atoms with Crippen LogP contribution in [0.25, 0.3) is 0 Å². The molecule has 0 unspecified atom stereocenters. The summed E-state index contributed by atoms with van der Waals surface area (Å²) in [4.78, 5) is 14.7. The van der Waals surface area contributed by atoms with Gasteiger partial charge in [-0.05, 0) is 43.4 Å². The molecule has 24 heavy (non-hydrogen) atoms. The van der Waals surface area contributed by atoms with Crippen molar-refractivity contribution >= 4 is 11.6 Å². The summed E-state index contributed by atoms with van der Waals surface area (Å²) in [5.41, 5.74) is 0.691. The van der Waals surface area contributed by atoms with Gasteiger partial charge in [0.05, 0.1) is 26.5 Å². The number of rotatable bonds is 5. The van der Waals surface area contributed by atoms with E-state index in [0.717, 1.165) is 24.9 Å². The molecule has 2 fully saturated rings. The fourth-order valence-corrected chi connectivity index (χ4v) is 4.11. The van der Waals surface area contributed by atoms with Crippen LogP contribution < -0.4 is 14.8 Å². The zero-order valence-electron chi connectivity index (χ0n) is 14.7. The van der Waals surface area contributed by atoms with Crippen LogP contribution in [0, 0.1) is 11.8 Å². The van der Waals surface area contributed by atoms with Crippen molar-refractivity contribution < 1.29 is 14.3 Å². The van der Waals surface area contributed by atoms with Crippen molar-refractivity contribution in [3.63, 3.8) is 0 Å². The second kappa shape index (κ2) is 7.88. The lowest BCUT2D eigenvalue weighted by Gasteiger charge is -2.41. The summed E-state index contributed by atoms with van der Waals surface area (Å²) in [6, 6.07) is 5.43. The minimum atomic E-state index is 0.0210. The Bertz CT molecular complexity index is 576. The van der Waals surface area contributed by atoms with Gasteiger partial charge in [-0.1, -0.05) is 19.3 Å². The number of methoxy groups -OCH3 is 2. The summed E-state index contributed by atoms with van der Waals surface area (Å²) in [7, 11) is 3.21. The number of fused-ring (bicyclic) bond motifs is 1. The zero-order chi connectivity index (χ0) is 16.9. The molecule has 1 aliphatic heterocycles. The first-order chi connectivity index (χ1) is 11.7. The monoisotopic (exact) mass is 332 g/mol. The van der Waals surface area contributed by atoms with Gasteiger partial charge in [0.1, 0.15) is 11.5 Å². The maximum Gasteiger partial charge on any atom is 0.238 e. The Hall–Kier alpha value is -1.75. The molecular formula is C19H28N2O3. The van der Waals surface area contributed by atoms with Gasteiger partial charge in [0.2, 0.25) is 5.91 Å². The van der Waals surface area contributed by atoms with E-state index in [-0.39, 0.29) is 5.91 Å². The molecular weight excluding hydrogens is 304 g/mol. The van der Waals surface area contributed by atoms with Crippen LogP contribution in [0.2, 0.25) is 0 Å². The number of carbonyl (C=O) groups is 1. The molecule has 5 heteroatoms. The van der Waals surface area contributed by atoms with Gasteiger partial charge in [-0.25, -0.2) is 0 Å². The third-order valence-corrected chi connectivity index (χ3v) is 5.43. The van der Waals surface area contributed by atoms with Crippen molar-refractivity contribution in [2.24, 2.45) is 11.8 Å². The first kappa shape index (κ1) is 17.1. The lowest BCUT2D eigenvalue weighted by atomic mass is 9.75. The summed E-state index contributed by atoms with van der Waals surface area (Å²) in [5, 5.41) is 2.97. The van der Waals surface area contributed by atoms with Crippen LogP contribution in [-0.4, -0.2) is 44.7 Å².